The zero-order valence-corrected chi connectivity index (χ0v) is 20.3. The van der Waals surface area contributed by atoms with E-state index in [9.17, 15) is 13.2 Å². The molecule has 2 aromatic carbocycles. The summed E-state index contributed by atoms with van der Waals surface area (Å²) in [7, 11) is -3.53. The summed E-state index contributed by atoms with van der Waals surface area (Å²) in [6.07, 6.45) is 2.02. The average Bonchev–Trinajstić information content (AvgIpc) is 2.80. The van der Waals surface area contributed by atoms with Crippen LogP contribution < -0.4 is 14.4 Å². The number of amides is 1. The van der Waals surface area contributed by atoms with Crippen LogP contribution in [0.25, 0.3) is 0 Å². The second kappa shape index (κ2) is 12.2. The van der Waals surface area contributed by atoms with Crippen LogP contribution in [0.4, 0.5) is 5.69 Å². The van der Waals surface area contributed by atoms with Gasteiger partial charge in [-0.05, 0) is 48.9 Å². The smallest absolute Gasteiger partial charge is 0.257 e. The molecule has 1 aliphatic rings. The maximum atomic E-state index is 12.4. The molecule has 33 heavy (non-hydrogen) atoms. The minimum Gasteiger partial charge on any atom is -0.484 e. The Morgan fingerprint density at radius 1 is 1.15 bits per heavy atom. The zero-order chi connectivity index (χ0) is 23.7. The van der Waals surface area contributed by atoms with Gasteiger partial charge < -0.3 is 14.8 Å². The Morgan fingerprint density at radius 2 is 1.85 bits per heavy atom. The van der Waals surface area contributed by atoms with E-state index in [1.165, 1.54) is 4.31 Å². The van der Waals surface area contributed by atoms with Crippen molar-refractivity contribution in [1.29, 1.82) is 0 Å². The Bertz CT molecular complexity index is 1010. The van der Waals surface area contributed by atoms with Crippen LogP contribution in [0.1, 0.15) is 12.0 Å². The summed E-state index contributed by atoms with van der Waals surface area (Å²) in [5.74, 6) is 0.283. The summed E-state index contributed by atoms with van der Waals surface area (Å²) in [5.41, 5.74) is 1.19. The van der Waals surface area contributed by atoms with Gasteiger partial charge >= 0.3 is 0 Å². The quantitative estimate of drug-likeness (QED) is 0.482. The van der Waals surface area contributed by atoms with Crippen LogP contribution in [0, 0.1) is 0 Å². The number of nitrogens with one attached hydrogen (secondary N) is 1. The third-order valence-electron chi connectivity index (χ3n) is 5.24. The lowest BCUT2D eigenvalue weighted by atomic mass is 10.2. The highest BCUT2D eigenvalue weighted by atomic mass is 35.5. The van der Waals surface area contributed by atoms with Crippen molar-refractivity contribution in [2.75, 3.05) is 56.6 Å². The van der Waals surface area contributed by atoms with E-state index in [1.807, 2.05) is 6.07 Å². The van der Waals surface area contributed by atoms with Crippen LogP contribution in [0.5, 0.6) is 5.75 Å². The van der Waals surface area contributed by atoms with E-state index in [2.05, 4.69) is 10.2 Å². The van der Waals surface area contributed by atoms with Crippen LogP contribution in [-0.2, 0) is 26.1 Å². The molecule has 0 spiro atoms. The van der Waals surface area contributed by atoms with Crippen molar-refractivity contribution >= 4 is 33.2 Å². The molecule has 1 amide bonds. The Balaban J connectivity index is 1.47. The SMILES string of the molecule is CS(=O)(=O)N(Cc1ccccc1Cl)c1ccc(OCC(=O)NCCCN2CCOCC2)cc1. The monoisotopic (exact) mass is 495 g/mol. The molecule has 0 aromatic heterocycles. The molecule has 2 aromatic rings. The van der Waals surface area contributed by atoms with Gasteiger partial charge in [0.1, 0.15) is 5.75 Å². The van der Waals surface area contributed by atoms with E-state index in [1.54, 1.807) is 42.5 Å². The molecular formula is C23H30ClN3O5S. The number of carbonyl (C=O) groups is 1. The standard InChI is InChI=1S/C23H30ClN3O5S/c1-33(29,30)27(17-19-5-2-3-6-22(19)24)20-7-9-21(10-8-20)32-18-23(28)25-11-4-12-26-13-15-31-16-14-26/h2-3,5-10H,4,11-18H2,1H3,(H,25,28). The fraction of sp³-hybridized carbons (Fsp3) is 0.435. The first kappa shape index (κ1) is 25.3. The van der Waals surface area contributed by atoms with Crippen LogP contribution >= 0.6 is 11.6 Å². The predicted octanol–water partition coefficient (Wildman–Crippen LogP) is 2.52. The van der Waals surface area contributed by atoms with E-state index >= 15 is 0 Å². The van der Waals surface area contributed by atoms with Crippen molar-refractivity contribution < 1.29 is 22.7 Å². The van der Waals surface area contributed by atoms with Gasteiger partial charge in [-0.15, -0.1) is 0 Å². The Kier molecular flexibility index (Phi) is 9.37. The molecule has 8 nitrogen and oxygen atoms in total. The molecule has 1 fully saturated rings. The predicted molar refractivity (Wildman–Crippen MR) is 129 cm³/mol. The molecule has 0 atom stereocenters. The number of hydrogen-bond acceptors (Lipinski definition) is 6. The summed E-state index contributed by atoms with van der Waals surface area (Å²) in [5, 5.41) is 3.35. The van der Waals surface area contributed by atoms with Crippen LogP contribution in [0.15, 0.2) is 48.5 Å². The number of hydrogen-bond donors (Lipinski definition) is 1. The fourth-order valence-electron chi connectivity index (χ4n) is 3.45. The molecule has 0 saturated carbocycles. The normalized spacial score (nSPS) is 14.6. The van der Waals surface area contributed by atoms with Crippen molar-refractivity contribution in [1.82, 2.24) is 10.2 Å². The molecule has 0 bridgehead atoms. The lowest BCUT2D eigenvalue weighted by Crippen LogP contribution is -2.38. The minimum atomic E-state index is -3.53. The highest BCUT2D eigenvalue weighted by Crippen LogP contribution is 2.26. The second-order valence-corrected chi connectivity index (χ2v) is 10.1. The molecule has 1 heterocycles. The van der Waals surface area contributed by atoms with Gasteiger partial charge in [-0.2, -0.15) is 0 Å². The zero-order valence-electron chi connectivity index (χ0n) is 18.7. The maximum absolute atomic E-state index is 12.4. The molecule has 1 aliphatic heterocycles. The lowest BCUT2D eigenvalue weighted by molar-refractivity contribution is -0.123. The number of morpholine rings is 1. The Hall–Kier alpha value is -2.33. The minimum absolute atomic E-state index is 0.105. The summed E-state index contributed by atoms with van der Waals surface area (Å²) in [6.45, 7) is 4.92. The second-order valence-electron chi connectivity index (χ2n) is 7.80. The Labute approximate surface area is 200 Å². The molecule has 1 N–H and O–H groups in total. The van der Waals surface area contributed by atoms with E-state index in [0.717, 1.165) is 45.5 Å². The first-order valence-electron chi connectivity index (χ1n) is 10.8. The molecule has 180 valence electrons. The maximum Gasteiger partial charge on any atom is 0.257 e. The van der Waals surface area contributed by atoms with E-state index in [4.69, 9.17) is 21.1 Å². The number of benzene rings is 2. The van der Waals surface area contributed by atoms with Crippen LogP contribution in [0.2, 0.25) is 5.02 Å². The van der Waals surface area contributed by atoms with Crippen molar-refractivity contribution in [2.24, 2.45) is 0 Å². The number of carbonyl (C=O) groups excluding carboxylic acids is 1. The molecule has 0 radical (unpaired) electrons. The number of nitrogens with zero attached hydrogens (tertiary/aromatic N) is 2. The van der Waals surface area contributed by atoms with Gasteiger partial charge in [0.05, 0.1) is 31.7 Å². The highest BCUT2D eigenvalue weighted by molar-refractivity contribution is 7.92. The summed E-state index contributed by atoms with van der Waals surface area (Å²) in [6, 6.07) is 13.7. The molecule has 0 unspecified atom stereocenters. The number of sulfonamides is 1. The van der Waals surface area contributed by atoms with Crippen molar-refractivity contribution in [2.45, 2.75) is 13.0 Å². The number of ether oxygens (including phenoxy) is 2. The average molecular weight is 496 g/mol. The van der Waals surface area contributed by atoms with Crippen LogP contribution in [0.3, 0.4) is 0 Å². The third kappa shape index (κ3) is 8.19. The van der Waals surface area contributed by atoms with Gasteiger partial charge in [0, 0.05) is 24.7 Å². The topological polar surface area (TPSA) is 88.2 Å². The summed E-state index contributed by atoms with van der Waals surface area (Å²) in [4.78, 5) is 14.4. The van der Waals surface area contributed by atoms with Gasteiger partial charge in [-0.3, -0.25) is 14.0 Å². The fourth-order valence-corrected chi connectivity index (χ4v) is 4.52. The van der Waals surface area contributed by atoms with Crippen molar-refractivity contribution in [3.63, 3.8) is 0 Å². The first-order valence-corrected chi connectivity index (χ1v) is 13.1. The van der Waals surface area contributed by atoms with Crippen molar-refractivity contribution in [3.8, 4) is 5.75 Å². The van der Waals surface area contributed by atoms with Crippen LogP contribution in [-0.4, -0.2) is 71.5 Å². The highest BCUT2D eigenvalue weighted by Gasteiger charge is 2.19. The largest absolute Gasteiger partial charge is 0.484 e. The first-order chi connectivity index (χ1) is 15.8. The van der Waals surface area contributed by atoms with E-state index in [0.29, 0.717) is 28.6 Å². The number of anilines is 1. The number of halogens is 1. The summed E-state index contributed by atoms with van der Waals surface area (Å²) < 4.78 is 36.9. The summed E-state index contributed by atoms with van der Waals surface area (Å²) >= 11 is 6.20. The van der Waals surface area contributed by atoms with Gasteiger partial charge in [0.2, 0.25) is 10.0 Å². The van der Waals surface area contributed by atoms with Crippen molar-refractivity contribution in [3.05, 3.63) is 59.1 Å². The molecule has 10 heteroatoms. The molecular weight excluding hydrogens is 466 g/mol. The lowest BCUT2D eigenvalue weighted by Gasteiger charge is -2.26. The van der Waals surface area contributed by atoms with E-state index < -0.39 is 10.0 Å². The van der Waals surface area contributed by atoms with Gasteiger partial charge in [0.15, 0.2) is 6.61 Å². The number of rotatable bonds is 11. The molecule has 1 saturated heterocycles. The molecule has 3 rings (SSSR count). The molecule has 0 aliphatic carbocycles. The van der Waals surface area contributed by atoms with E-state index in [-0.39, 0.29) is 19.1 Å². The van der Waals surface area contributed by atoms with Gasteiger partial charge in [-0.1, -0.05) is 29.8 Å². The Morgan fingerprint density at radius 3 is 2.52 bits per heavy atom. The third-order valence-corrected chi connectivity index (χ3v) is 6.75. The van der Waals surface area contributed by atoms with Gasteiger partial charge in [-0.25, -0.2) is 8.42 Å². The van der Waals surface area contributed by atoms with Gasteiger partial charge in [0.25, 0.3) is 5.91 Å².